The van der Waals surface area contributed by atoms with E-state index in [1.54, 1.807) is 0 Å². The summed E-state index contributed by atoms with van der Waals surface area (Å²) in [6.45, 7) is 2.45. The molecule has 0 amide bonds. The molecular formula is C18H22F3N3. The van der Waals surface area contributed by atoms with Gasteiger partial charge in [-0.3, -0.25) is 0 Å². The van der Waals surface area contributed by atoms with Crippen molar-refractivity contribution < 1.29 is 13.2 Å². The van der Waals surface area contributed by atoms with Gasteiger partial charge >= 0.3 is 6.18 Å². The number of nitrogens with two attached hydrogens (primary N) is 1. The van der Waals surface area contributed by atoms with E-state index in [0.29, 0.717) is 12.5 Å². The maximum Gasteiger partial charge on any atom is 0.419 e. The van der Waals surface area contributed by atoms with E-state index in [4.69, 9.17) is 5.73 Å². The number of rotatable bonds is 3. The fourth-order valence-corrected chi connectivity index (χ4v) is 3.69. The molecule has 3 nitrogen and oxygen atoms in total. The molecule has 24 heavy (non-hydrogen) atoms. The Balaban J connectivity index is 2.09. The van der Waals surface area contributed by atoms with Crippen molar-refractivity contribution in [3.63, 3.8) is 0 Å². The van der Waals surface area contributed by atoms with Gasteiger partial charge in [-0.15, -0.1) is 0 Å². The molecule has 1 fully saturated rings. The number of benzene rings is 1. The monoisotopic (exact) mass is 337 g/mol. The summed E-state index contributed by atoms with van der Waals surface area (Å²) in [7, 11) is 0. The molecule has 1 aromatic carbocycles. The Bertz CT molecular complexity index is 713. The number of hydrogen-bond acceptors (Lipinski definition) is 2. The average Bonchev–Trinajstić information content (AvgIpc) is 3.05. The molecule has 0 unspecified atom stereocenters. The number of nitrogens with zero attached hydrogens (tertiary/aromatic N) is 2. The summed E-state index contributed by atoms with van der Waals surface area (Å²) in [5.41, 5.74) is 9.08. The van der Waals surface area contributed by atoms with Gasteiger partial charge in [0.05, 0.1) is 17.4 Å². The van der Waals surface area contributed by atoms with Crippen molar-refractivity contribution in [2.75, 3.05) is 0 Å². The smallest absolute Gasteiger partial charge is 0.326 e. The zero-order valence-corrected chi connectivity index (χ0v) is 13.7. The Kier molecular flexibility index (Phi) is 4.67. The number of aromatic nitrogens is 2. The minimum Gasteiger partial charge on any atom is -0.326 e. The second-order valence-electron chi connectivity index (χ2n) is 6.49. The summed E-state index contributed by atoms with van der Waals surface area (Å²) in [4.78, 5) is 0. The minimum absolute atomic E-state index is 0.360. The van der Waals surface area contributed by atoms with E-state index in [9.17, 15) is 13.2 Å². The van der Waals surface area contributed by atoms with Crippen LogP contribution in [-0.4, -0.2) is 9.78 Å². The SMILES string of the molecule is Cc1c(CN)ccc(-n2cc(C(F)(F)F)cn2)c1C1CCCCC1. The van der Waals surface area contributed by atoms with E-state index in [2.05, 4.69) is 5.10 Å². The van der Waals surface area contributed by atoms with Crippen molar-refractivity contribution >= 4 is 0 Å². The Hall–Kier alpha value is -1.82. The van der Waals surface area contributed by atoms with E-state index >= 15 is 0 Å². The quantitative estimate of drug-likeness (QED) is 0.882. The van der Waals surface area contributed by atoms with Gasteiger partial charge in [0.15, 0.2) is 0 Å². The van der Waals surface area contributed by atoms with Crippen LogP contribution < -0.4 is 5.73 Å². The number of halogens is 3. The lowest BCUT2D eigenvalue weighted by Crippen LogP contribution is -2.13. The molecule has 1 aromatic heterocycles. The van der Waals surface area contributed by atoms with Gasteiger partial charge in [0, 0.05) is 12.7 Å². The molecule has 1 aliphatic carbocycles. The van der Waals surface area contributed by atoms with E-state index in [1.165, 1.54) is 11.1 Å². The summed E-state index contributed by atoms with van der Waals surface area (Å²) in [6, 6.07) is 3.75. The van der Waals surface area contributed by atoms with Crippen LogP contribution in [0, 0.1) is 6.92 Å². The summed E-state index contributed by atoms with van der Waals surface area (Å²) >= 11 is 0. The van der Waals surface area contributed by atoms with Crippen LogP contribution in [0.5, 0.6) is 0 Å². The zero-order chi connectivity index (χ0) is 17.3. The third kappa shape index (κ3) is 3.20. The van der Waals surface area contributed by atoms with Crippen molar-refractivity contribution in [2.45, 2.75) is 57.7 Å². The van der Waals surface area contributed by atoms with E-state index in [1.807, 2.05) is 19.1 Å². The lowest BCUT2D eigenvalue weighted by Gasteiger charge is -2.27. The highest BCUT2D eigenvalue weighted by Crippen LogP contribution is 2.39. The maximum atomic E-state index is 12.9. The predicted molar refractivity (Wildman–Crippen MR) is 87.0 cm³/mol. The summed E-state index contributed by atoms with van der Waals surface area (Å²) in [5, 5.41) is 3.97. The molecule has 0 saturated heterocycles. The molecule has 130 valence electrons. The highest BCUT2D eigenvalue weighted by atomic mass is 19.4. The highest BCUT2D eigenvalue weighted by Gasteiger charge is 2.33. The van der Waals surface area contributed by atoms with Crippen LogP contribution in [0.25, 0.3) is 5.69 Å². The van der Waals surface area contributed by atoms with Crippen molar-refractivity contribution in [1.82, 2.24) is 9.78 Å². The molecule has 0 atom stereocenters. The Morgan fingerprint density at radius 2 is 1.92 bits per heavy atom. The first-order valence-corrected chi connectivity index (χ1v) is 8.36. The number of hydrogen-bond donors (Lipinski definition) is 1. The molecule has 0 aliphatic heterocycles. The third-order valence-electron chi connectivity index (χ3n) is 4.99. The van der Waals surface area contributed by atoms with E-state index < -0.39 is 11.7 Å². The van der Waals surface area contributed by atoms with Gasteiger partial charge < -0.3 is 5.73 Å². The van der Waals surface area contributed by atoms with Gasteiger partial charge in [0.2, 0.25) is 0 Å². The first-order valence-electron chi connectivity index (χ1n) is 8.36. The molecule has 0 spiro atoms. The third-order valence-corrected chi connectivity index (χ3v) is 4.99. The van der Waals surface area contributed by atoms with Gasteiger partial charge in [-0.1, -0.05) is 25.3 Å². The molecular weight excluding hydrogens is 315 g/mol. The Labute approximate surface area is 139 Å². The fourth-order valence-electron chi connectivity index (χ4n) is 3.69. The van der Waals surface area contributed by atoms with Crippen LogP contribution in [0.3, 0.4) is 0 Å². The molecule has 2 N–H and O–H groups in total. The molecule has 3 rings (SSSR count). The molecule has 0 bridgehead atoms. The average molecular weight is 337 g/mol. The predicted octanol–water partition coefficient (Wildman–Crippen LogP) is 4.71. The summed E-state index contributed by atoms with van der Waals surface area (Å²) in [5.74, 6) is 0.360. The first kappa shape index (κ1) is 17.0. The van der Waals surface area contributed by atoms with Gasteiger partial charge in [-0.25, -0.2) is 4.68 Å². The largest absolute Gasteiger partial charge is 0.419 e. The topological polar surface area (TPSA) is 43.8 Å². The maximum absolute atomic E-state index is 12.9. The van der Waals surface area contributed by atoms with Crippen molar-refractivity contribution in [1.29, 1.82) is 0 Å². The second-order valence-corrected chi connectivity index (χ2v) is 6.49. The van der Waals surface area contributed by atoms with Gasteiger partial charge in [0.1, 0.15) is 0 Å². The van der Waals surface area contributed by atoms with Crippen molar-refractivity contribution in [2.24, 2.45) is 5.73 Å². The fraction of sp³-hybridized carbons (Fsp3) is 0.500. The van der Waals surface area contributed by atoms with E-state index in [-0.39, 0.29) is 0 Å². The van der Waals surface area contributed by atoms with Gasteiger partial charge in [-0.2, -0.15) is 18.3 Å². The highest BCUT2D eigenvalue weighted by molar-refractivity contribution is 5.51. The van der Waals surface area contributed by atoms with Crippen molar-refractivity contribution in [3.8, 4) is 5.69 Å². The molecule has 1 saturated carbocycles. The van der Waals surface area contributed by atoms with Crippen LogP contribution in [0.2, 0.25) is 0 Å². The first-order chi connectivity index (χ1) is 11.4. The van der Waals surface area contributed by atoms with Crippen LogP contribution in [-0.2, 0) is 12.7 Å². The lowest BCUT2D eigenvalue weighted by atomic mass is 9.80. The van der Waals surface area contributed by atoms with Crippen molar-refractivity contribution in [3.05, 3.63) is 46.8 Å². The normalized spacial score (nSPS) is 16.5. The number of alkyl halides is 3. The molecule has 1 aliphatic rings. The molecule has 1 heterocycles. The Morgan fingerprint density at radius 1 is 1.21 bits per heavy atom. The molecule has 0 radical (unpaired) electrons. The van der Waals surface area contributed by atoms with Crippen LogP contribution >= 0.6 is 0 Å². The lowest BCUT2D eigenvalue weighted by molar-refractivity contribution is -0.137. The Morgan fingerprint density at radius 3 is 2.50 bits per heavy atom. The van der Waals surface area contributed by atoms with Crippen LogP contribution in [0.4, 0.5) is 13.2 Å². The molecule has 6 heteroatoms. The zero-order valence-electron chi connectivity index (χ0n) is 13.7. The van der Waals surface area contributed by atoms with Crippen LogP contribution in [0.1, 0.15) is 60.3 Å². The van der Waals surface area contributed by atoms with Gasteiger partial charge in [0.25, 0.3) is 0 Å². The molecule has 2 aromatic rings. The standard InChI is InChI=1S/C18H22F3N3/c1-12-14(9-22)7-8-16(17(12)13-5-3-2-4-6-13)24-11-15(10-23-24)18(19,20)21/h7-8,10-11,13H,2-6,9,22H2,1H3. The summed E-state index contributed by atoms with van der Waals surface area (Å²) in [6.07, 6.45) is 3.24. The summed E-state index contributed by atoms with van der Waals surface area (Å²) < 4.78 is 40.1. The van der Waals surface area contributed by atoms with Gasteiger partial charge in [-0.05, 0) is 48.4 Å². The minimum atomic E-state index is -4.38. The van der Waals surface area contributed by atoms with E-state index in [0.717, 1.165) is 60.5 Å². The second kappa shape index (κ2) is 6.59. The van der Waals surface area contributed by atoms with Crippen LogP contribution in [0.15, 0.2) is 24.5 Å².